The Morgan fingerprint density at radius 1 is 0.750 bits per heavy atom. The topological polar surface area (TPSA) is 50.8 Å². The van der Waals surface area contributed by atoms with E-state index >= 15 is 0 Å². The van der Waals surface area contributed by atoms with Crippen LogP contribution in [-0.2, 0) is 4.74 Å². The maximum Gasteiger partial charge on any atom is 0.340 e. The first-order valence-electron chi connectivity index (χ1n) is 10.4. The molecule has 1 aliphatic rings. The Hall–Kier alpha value is -4.25. The third-order valence-electron chi connectivity index (χ3n) is 5.46. The SMILES string of the molecule is COc1ccc(Nc2ccc(N(c3ccccc3)C3OC(=O)c4ccccc43)cc2)cc1. The Kier molecular flexibility index (Phi) is 5.22. The summed E-state index contributed by atoms with van der Waals surface area (Å²) in [5, 5.41) is 3.39. The zero-order valence-corrected chi connectivity index (χ0v) is 17.6. The van der Waals surface area contributed by atoms with Crippen molar-refractivity contribution < 1.29 is 14.3 Å². The number of fused-ring (bicyclic) bond motifs is 1. The summed E-state index contributed by atoms with van der Waals surface area (Å²) >= 11 is 0. The lowest BCUT2D eigenvalue weighted by Gasteiger charge is -2.30. The van der Waals surface area contributed by atoms with Gasteiger partial charge >= 0.3 is 5.97 Å². The lowest BCUT2D eigenvalue weighted by atomic mass is 10.1. The Balaban J connectivity index is 1.47. The molecule has 1 N–H and O–H groups in total. The third-order valence-corrected chi connectivity index (χ3v) is 5.46. The van der Waals surface area contributed by atoms with Gasteiger partial charge in [-0.3, -0.25) is 0 Å². The van der Waals surface area contributed by atoms with Crippen LogP contribution in [0.3, 0.4) is 0 Å². The highest BCUT2D eigenvalue weighted by Crippen LogP contribution is 2.41. The number of esters is 1. The number of benzene rings is 4. The van der Waals surface area contributed by atoms with Gasteiger partial charge in [0.05, 0.1) is 12.7 Å². The van der Waals surface area contributed by atoms with Crippen molar-refractivity contribution in [3.8, 4) is 5.75 Å². The minimum Gasteiger partial charge on any atom is -0.497 e. The van der Waals surface area contributed by atoms with E-state index in [-0.39, 0.29) is 5.97 Å². The summed E-state index contributed by atoms with van der Waals surface area (Å²) in [4.78, 5) is 14.5. The van der Waals surface area contributed by atoms with Crippen LogP contribution in [0.5, 0.6) is 5.75 Å². The highest BCUT2D eigenvalue weighted by atomic mass is 16.6. The summed E-state index contributed by atoms with van der Waals surface area (Å²) in [6.45, 7) is 0. The number of hydrogen-bond acceptors (Lipinski definition) is 5. The van der Waals surface area contributed by atoms with E-state index in [1.54, 1.807) is 7.11 Å². The average Bonchev–Trinajstić information content (AvgIpc) is 3.18. The van der Waals surface area contributed by atoms with E-state index < -0.39 is 6.23 Å². The molecule has 4 aromatic rings. The number of carbonyl (C=O) groups is 1. The smallest absolute Gasteiger partial charge is 0.340 e. The molecule has 0 aromatic heterocycles. The molecule has 5 heteroatoms. The van der Waals surface area contributed by atoms with Gasteiger partial charge in [0.1, 0.15) is 5.75 Å². The third kappa shape index (κ3) is 3.76. The van der Waals surface area contributed by atoms with Crippen LogP contribution in [0.1, 0.15) is 22.1 Å². The summed E-state index contributed by atoms with van der Waals surface area (Å²) in [7, 11) is 1.65. The van der Waals surface area contributed by atoms with Gasteiger partial charge < -0.3 is 19.7 Å². The van der Waals surface area contributed by atoms with Crippen LogP contribution in [0, 0.1) is 0 Å². The molecule has 1 atom stereocenters. The molecular formula is C27H22N2O3. The summed E-state index contributed by atoms with van der Waals surface area (Å²) in [6, 6.07) is 33.3. The molecule has 0 aliphatic carbocycles. The van der Waals surface area contributed by atoms with Gasteiger partial charge in [0.15, 0.2) is 0 Å². The molecular weight excluding hydrogens is 400 g/mol. The normalized spacial score (nSPS) is 14.4. The molecule has 32 heavy (non-hydrogen) atoms. The fourth-order valence-corrected chi connectivity index (χ4v) is 3.87. The lowest BCUT2D eigenvalue weighted by Crippen LogP contribution is -2.23. The molecule has 1 heterocycles. The monoisotopic (exact) mass is 422 g/mol. The predicted octanol–water partition coefficient (Wildman–Crippen LogP) is 6.45. The molecule has 1 unspecified atom stereocenters. The molecule has 0 saturated carbocycles. The molecule has 5 nitrogen and oxygen atoms in total. The van der Waals surface area contributed by atoms with Gasteiger partial charge in [-0.15, -0.1) is 0 Å². The van der Waals surface area contributed by atoms with Crippen LogP contribution in [0.4, 0.5) is 22.7 Å². The Labute approximate surface area is 186 Å². The van der Waals surface area contributed by atoms with Gasteiger partial charge in [-0.05, 0) is 66.7 Å². The summed E-state index contributed by atoms with van der Waals surface area (Å²) < 4.78 is 11.0. The summed E-state index contributed by atoms with van der Waals surface area (Å²) in [5.74, 6) is 0.514. The van der Waals surface area contributed by atoms with E-state index in [1.165, 1.54) is 0 Å². The molecule has 0 spiro atoms. The minimum absolute atomic E-state index is 0.302. The summed E-state index contributed by atoms with van der Waals surface area (Å²) in [6.07, 6.45) is -0.526. The molecule has 1 aliphatic heterocycles. The van der Waals surface area contributed by atoms with E-state index in [0.717, 1.165) is 34.1 Å². The van der Waals surface area contributed by atoms with Crippen molar-refractivity contribution >= 4 is 28.7 Å². The van der Waals surface area contributed by atoms with Gasteiger partial charge in [-0.1, -0.05) is 36.4 Å². The van der Waals surface area contributed by atoms with E-state index in [9.17, 15) is 4.79 Å². The zero-order chi connectivity index (χ0) is 21.9. The number of rotatable bonds is 6. The van der Waals surface area contributed by atoms with Crippen molar-refractivity contribution in [3.05, 3.63) is 114 Å². The molecule has 5 rings (SSSR count). The van der Waals surface area contributed by atoms with Crippen molar-refractivity contribution in [3.63, 3.8) is 0 Å². The Morgan fingerprint density at radius 3 is 2.03 bits per heavy atom. The number of carbonyl (C=O) groups excluding carboxylic acids is 1. The number of nitrogens with zero attached hydrogens (tertiary/aromatic N) is 1. The number of nitrogens with one attached hydrogen (secondary N) is 1. The highest BCUT2D eigenvalue weighted by molar-refractivity contribution is 5.94. The number of cyclic esters (lactones) is 1. The Bertz CT molecular complexity index is 1220. The Morgan fingerprint density at radius 2 is 1.34 bits per heavy atom. The maximum atomic E-state index is 12.5. The van der Waals surface area contributed by atoms with E-state index in [0.29, 0.717) is 5.56 Å². The van der Waals surface area contributed by atoms with Crippen molar-refractivity contribution in [2.75, 3.05) is 17.3 Å². The van der Waals surface area contributed by atoms with Crippen LogP contribution in [0.2, 0.25) is 0 Å². The standard InChI is InChI=1S/C27H22N2O3/c1-31-23-17-13-20(14-18-23)28-19-11-15-22(16-12-19)29(21-7-3-2-4-8-21)26-24-9-5-6-10-25(24)27(30)32-26/h2-18,26,28H,1H3. The second-order valence-corrected chi connectivity index (χ2v) is 7.45. The van der Waals surface area contributed by atoms with Gasteiger partial charge in [0, 0.05) is 28.3 Å². The molecule has 0 fully saturated rings. The summed E-state index contributed by atoms with van der Waals surface area (Å²) in [5.41, 5.74) is 5.26. The van der Waals surface area contributed by atoms with Gasteiger partial charge in [-0.25, -0.2) is 4.79 Å². The van der Waals surface area contributed by atoms with Crippen LogP contribution in [-0.4, -0.2) is 13.1 Å². The van der Waals surface area contributed by atoms with E-state index in [1.807, 2.05) is 108 Å². The van der Waals surface area contributed by atoms with Crippen LogP contribution < -0.4 is 15.0 Å². The first-order valence-corrected chi connectivity index (χ1v) is 10.4. The van der Waals surface area contributed by atoms with Crippen LogP contribution in [0.15, 0.2) is 103 Å². The molecule has 158 valence electrons. The zero-order valence-electron chi connectivity index (χ0n) is 17.6. The highest BCUT2D eigenvalue weighted by Gasteiger charge is 2.36. The number of para-hydroxylation sites is 1. The number of methoxy groups -OCH3 is 1. The van der Waals surface area contributed by atoms with Crippen LogP contribution in [0.25, 0.3) is 0 Å². The van der Waals surface area contributed by atoms with Crippen molar-refractivity contribution in [2.45, 2.75) is 6.23 Å². The second-order valence-electron chi connectivity index (χ2n) is 7.45. The first-order chi connectivity index (χ1) is 15.7. The predicted molar refractivity (Wildman–Crippen MR) is 126 cm³/mol. The number of ether oxygens (including phenoxy) is 2. The fraction of sp³-hybridized carbons (Fsp3) is 0.0741. The molecule has 4 aromatic carbocycles. The average molecular weight is 422 g/mol. The second kappa shape index (κ2) is 8.47. The van der Waals surface area contributed by atoms with Crippen molar-refractivity contribution in [1.29, 1.82) is 0 Å². The molecule has 0 saturated heterocycles. The largest absolute Gasteiger partial charge is 0.497 e. The number of hydrogen-bond donors (Lipinski definition) is 1. The minimum atomic E-state index is -0.526. The van der Waals surface area contributed by atoms with E-state index in [2.05, 4.69) is 5.32 Å². The quantitative estimate of drug-likeness (QED) is 0.362. The maximum absolute atomic E-state index is 12.5. The molecule has 0 amide bonds. The molecule has 0 radical (unpaired) electrons. The van der Waals surface area contributed by atoms with E-state index in [4.69, 9.17) is 9.47 Å². The fourth-order valence-electron chi connectivity index (χ4n) is 3.87. The van der Waals surface area contributed by atoms with Crippen molar-refractivity contribution in [1.82, 2.24) is 0 Å². The number of anilines is 4. The van der Waals surface area contributed by atoms with Crippen molar-refractivity contribution in [2.24, 2.45) is 0 Å². The van der Waals surface area contributed by atoms with Gasteiger partial charge in [0.25, 0.3) is 0 Å². The lowest BCUT2D eigenvalue weighted by molar-refractivity contribution is 0.0399. The first kappa shape index (κ1) is 19.7. The van der Waals surface area contributed by atoms with Gasteiger partial charge in [0.2, 0.25) is 6.23 Å². The van der Waals surface area contributed by atoms with Gasteiger partial charge in [-0.2, -0.15) is 0 Å². The molecule has 0 bridgehead atoms. The van der Waals surface area contributed by atoms with Crippen LogP contribution >= 0.6 is 0 Å².